The first-order valence-electron chi connectivity index (χ1n) is 6.12. The Bertz CT molecular complexity index is 810. The van der Waals surface area contributed by atoms with E-state index in [1.54, 1.807) is 48.5 Å². The number of hydrogen-bond acceptors (Lipinski definition) is 3. The first kappa shape index (κ1) is 17.8. The monoisotopic (exact) mass is 454 g/mol. The average Bonchev–Trinajstić information content (AvgIpc) is 2.52. The van der Waals surface area contributed by atoms with Gasteiger partial charge in [0.1, 0.15) is 0 Å². The summed E-state index contributed by atoms with van der Waals surface area (Å²) in [5.74, 6) is 2.68. The van der Waals surface area contributed by atoms with E-state index in [9.17, 15) is 21.6 Å². The summed E-state index contributed by atoms with van der Waals surface area (Å²) in [6.45, 7) is 0. The topological polar surface area (TPSA) is 43.4 Å². The maximum absolute atomic E-state index is 12.5. The van der Waals surface area contributed by atoms with Crippen molar-refractivity contribution in [2.24, 2.45) is 0 Å². The predicted molar refractivity (Wildman–Crippen MR) is 88.5 cm³/mol. The Kier molecular flexibility index (Phi) is 5.67. The third-order valence-corrected chi connectivity index (χ3v) is 8.38. The van der Waals surface area contributed by atoms with E-state index in [1.807, 2.05) is 0 Å². The van der Waals surface area contributed by atoms with Gasteiger partial charge in [-0.05, 0) is 0 Å². The molecule has 0 amide bonds. The SMILES string of the molecule is O=S(=O)(OI(C#Cc1ccccc1)c1ccccc1)C(F)(F)F. The van der Waals surface area contributed by atoms with Crippen LogP contribution in [0.5, 0.6) is 0 Å². The Labute approximate surface area is 139 Å². The normalized spacial score (nSPS) is 12.2. The average molecular weight is 454 g/mol. The van der Waals surface area contributed by atoms with Crippen LogP contribution in [-0.2, 0) is 12.6 Å². The molecule has 2 rings (SSSR count). The van der Waals surface area contributed by atoms with Gasteiger partial charge in [-0.1, -0.05) is 0 Å². The molecule has 0 aromatic heterocycles. The molecule has 0 spiro atoms. The van der Waals surface area contributed by atoms with Gasteiger partial charge in [0.2, 0.25) is 0 Å². The van der Waals surface area contributed by atoms with Crippen LogP contribution in [0.15, 0.2) is 60.7 Å². The van der Waals surface area contributed by atoms with Crippen LogP contribution in [0.4, 0.5) is 13.2 Å². The molecule has 0 heterocycles. The zero-order valence-electron chi connectivity index (χ0n) is 11.4. The van der Waals surface area contributed by atoms with Gasteiger partial charge in [-0.3, -0.25) is 0 Å². The molecule has 122 valence electrons. The molecule has 0 atom stereocenters. The number of rotatable bonds is 3. The van der Waals surface area contributed by atoms with Crippen molar-refractivity contribution in [2.45, 2.75) is 5.51 Å². The summed E-state index contributed by atoms with van der Waals surface area (Å²) < 4.78 is 67.5. The number of alkyl halides is 3. The van der Waals surface area contributed by atoms with Crippen molar-refractivity contribution >= 4 is 30.4 Å². The van der Waals surface area contributed by atoms with Gasteiger partial charge >= 0.3 is 140 Å². The van der Waals surface area contributed by atoms with E-state index >= 15 is 0 Å². The fourth-order valence-electron chi connectivity index (χ4n) is 1.37. The van der Waals surface area contributed by atoms with Gasteiger partial charge in [0.25, 0.3) is 0 Å². The van der Waals surface area contributed by atoms with E-state index in [-0.39, 0.29) is 0 Å². The van der Waals surface area contributed by atoms with Gasteiger partial charge in [-0.15, -0.1) is 0 Å². The van der Waals surface area contributed by atoms with Crippen LogP contribution < -0.4 is 0 Å². The molecule has 0 bridgehead atoms. The van der Waals surface area contributed by atoms with E-state index in [0.29, 0.717) is 9.13 Å². The molecule has 0 saturated heterocycles. The van der Waals surface area contributed by atoms with Crippen molar-refractivity contribution in [3.8, 4) is 9.85 Å². The van der Waals surface area contributed by atoms with Crippen molar-refractivity contribution in [3.63, 3.8) is 0 Å². The number of benzene rings is 2. The summed E-state index contributed by atoms with van der Waals surface area (Å²) in [7, 11) is -5.68. The van der Waals surface area contributed by atoms with E-state index in [0.717, 1.165) is 0 Å². The summed E-state index contributed by atoms with van der Waals surface area (Å²) >= 11 is -3.36. The van der Waals surface area contributed by atoms with Gasteiger partial charge in [0.15, 0.2) is 0 Å². The van der Waals surface area contributed by atoms with E-state index < -0.39 is 35.9 Å². The van der Waals surface area contributed by atoms with Crippen molar-refractivity contribution in [2.75, 3.05) is 0 Å². The second kappa shape index (κ2) is 7.33. The van der Waals surface area contributed by atoms with Crippen molar-refractivity contribution < 1.29 is 24.1 Å². The van der Waals surface area contributed by atoms with Gasteiger partial charge in [-0.25, -0.2) is 0 Å². The minimum atomic E-state index is -5.68. The molecule has 0 saturated carbocycles. The Morgan fingerprint density at radius 3 is 1.96 bits per heavy atom. The maximum atomic E-state index is 12.5. The van der Waals surface area contributed by atoms with E-state index in [4.69, 9.17) is 0 Å². The Hall–Kier alpha value is -1.57. The van der Waals surface area contributed by atoms with Crippen molar-refractivity contribution in [1.29, 1.82) is 0 Å². The predicted octanol–water partition coefficient (Wildman–Crippen LogP) is 4.15. The zero-order valence-corrected chi connectivity index (χ0v) is 14.4. The number of halogens is 4. The van der Waals surface area contributed by atoms with Crippen molar-refractivity contribution in [1.82, 2.24) is 0 Å². The third kappa shape index (κ3) is 4.95. The molecule has 3 nitrogen and oxygen atoms in total. The molecule has 0 radical (unpaired) electrons. The molecule has 0 fully saturated rings. The van der Waals surface area contributed by atoms with Crippen LogP contribution in [0.2, 0.25) is 0 Å². The summed E-state index contributed by atoms with van der Waals surface area (Å²) in [6.07, 6.45) is 0. The first-order valence-corrected chi connectivity index (χ1v) is 10.6. The van der Waals surface area contributed by atoms with Crippen molar-refractivity contribution in [3.05, 3.63) is 69.8 Å². The van der Waals surface area contributed by atoms with Crippen LogP contribution in [-0.4, -0.2) is 13.9 Å². The molecule has 0 aliphatic rings. The van der Waals surface area contributed by atoms with Gasteiger partial charge in [-0.2, -0.15) is 0 Å². The molecule has 8 heteroatoms. The molecule has 0 unspecified atom stereocenters. The second-order valence-corrected chi connectivity index (χ2v) is 9.87. The van der Waals surface area contributed by atoms with E-state index in [2.05, 4.69) is 12.4 Å². The summed E-state index contributed by atoms with van der Waals surface area (Å²) in [5, 5.41) is 0. The summed E-state index contributed by atoms with van der Waals surface area (Å²) in [5.41, 5.74) is -4.90. The Morgan fingerprint density at radius 2 is 1.43 bits per heavy atom. The number of hydrogen-bond donors (Lipinski definition) is 0. The summed E-state index contributed by atoms with van der Waals surface area (Å²) in [6, 6.07) is 16.4. The fraction of sp³-hybridized carbons (Fsp3) is 0.0667. The Balaban J connectivity index is 2.37. The first-order chi connectivity index (χ1) is 10.8. The quantitative estimate of drug-likeness (QED) is 0.398. The van der Waals surface area contributed by atoms with Gasteiger partial charge in [0.05, 0.1) is 0 Å². The minimum absolute atomic E-state index is 0.368. The molecule has 23 heavy (non-hydrogen) atoms. The van der Waals surface area contributed by atoms with Gasteiger partial charge in [0, 0.05) is 0 Å². The molecule has 0 N–H and O–H groups in total. The molecule has 2 aromatic carbocycles. The third-order valence-electron chi connectivity index (χ3n) is 2.41. The molecular weight excluding hydrogens is 444 g/mol. The van der Waals surface area contributed by atoms with Crippen LogP contribution in [0, 0.1) is 13.4 Å². The van der Waals surface area contributed by atoms with Gasteiger partial charge < -0.3 is 0 Å². The Morgan fingerprint density at radius 1 is 0.913 bits per heavy atom. The second-order valence-electron chi connectivity index (χ2n) is 4.09. The molecular formula is C15H10F3IO3S. The summed E-state index contributed by atoms with van der Waals surface area (Å²) in [4.78, 5) is 0. The van der Waals surface area contributed by atoms with Crippen LogP contribution >= 0.6 is 20.2 Å². The van der Waals surface area contributed by atoms with Crippen LogP contribution in [0.25, 0.3) is 0 Å². The molecule has 0 aliphatic heterocycles. The molecule has 0 aliphatic carbocycles. The standard InChI is InChI=1S/C15H10F3IO3S/c16-15(17,18)23(20,21)22-19(14-9-5-2-6-10-14)12-11-13-7-3-1-4-8-13/h1-10H. The van der Waals surface area contributed by atoms with E-state index in [1.165, 1.54) is 12.1 Å². The van der Waals surface area contributed by atoms with Crippen LogP contribution in [0.3, 0.4) is 0 Å². The van der Waals surface area contributed by atoms with Crippen LogP contribution in [0.1, 0.15) is 5.56 Å². The molecule has 2 aromatic rings. The zero-order chi connectivity index (χ0) is 16.9. The fourth-order valence-corrected chi connectivity index (χ4v) is 6.58.